The van der Waals surface area contributed by atoms with Gasteiger partial charge in [0.2, 0.25) is 5.91 Å². The highest BCUT2D eigenvalue weighted by molar-refractivity contribution is 7.99. The van der Waals surface area contributed by atoms with Gasteiger partial charge in [-0.3, -0.25) is 9.59 Å². The van der Waals surface area contributed by atoms with Crippen molar-refractivity contribution in [2.45, 2.75) is 30.9 Å². The predicted octanol–water partition coefficient (Wildman–Crippen LogP) is 3.04. The van der Waals surface area contributed by atoms with Gasteiger partial charge in [0, 0.05) is 21.9 Å². The SMILES string of the molecule is C[C@H](OC(=O)c1ccc2c(c1)NC(=O)CCS2)C(=O)NCc1cccs1. The van der Waals surface area contributed by atoms with Crippen LogP contribution in [0.4, 0.5) is 5.69 Å². The Labute approximate surface area is 159 Å². The number of benzene rings is 1. The molecule has 1 atom stereocenters. The molecule has 136 valence electrons. The number of thioether (sulfide) groups is 1. The quantitative estimate of drug-likeness (QED) is 0.767. The van der Waals surface area contributed by atoms with Gasteiger partial charge in [0.1, 0.15) is 0 Å². The van der Waals surface area contributed by atoms with Gasteiger partial charge in [0.15, 0.2) is 6.10 Å². The maximum absolute atomic E-state index is 12.3. The highest BCUT2D eigenvalue weighted by Crippen LogP contribution is 2.31. The Morgan fingerprint density at radius 1 is 1.35 bits per heavy atom. The van der Waals surface area contributed by atoms with Crippen LogP contribution in [-0.4, -0.2) is 29.6 Å². The molecular formula is C18H18N2O4S2. The van der Waals surface area contributed by atoms with E-state index in [9.17, 15) is 14.4 Å². The van der Waals surface area contributed by atoms with Crippen molar-refractivity contribution in [3.05, 3.63) is 46.2 Å². The summed E-state index contributed by atoms with van der Waals surface area (Å²) in [5, 5.41) is 7.45. The van der Waals surface area contributed by atoms with Crippen molar-refractivity contribution in [3.8, 4) is 0 Å². The number of carbonyl (C=O) groups is 3. The van der Waals surface area contributed by atoms with Crippen LogP contribution in [0.5, 0.6) is 0 Å². The van der Waals surface area contributed by atoms with Crippen LogP contribution >= 0.6 is 23.1 Å². The number of ether oxygens (including phenoxy) is 1. The first kappa shape index (κ1) is 18.5. The first-order chi connectivity index (χ1) is 12.5. The first-order valence-electron chi connectivity index (χ1n) is 8.10. The molecule has 0 saturated carbocycles. The van der Waals surface area contributed by atoms with Crippen molar-refractivity contribution >= 4 is 46.6 Å². The van der Waals surface area contributed by atoms with Crippen molar-refractivity contribution in [1.82, 2.24) is 5.32 Å². The van der Waals surface area contributed by atoms with Crippen LogP contribution < -0.4 is 10.6 Å². The third-order valence-corrected chi connectivity index (χ3v) is 5.70. The van der Waals surface area contributed by atoms with Crippen LogP contribution in [-0.2, 0) is 20.9 Å². The molecule has 0 bridgehead atoms. The third-order valence-electron chi connectivity index (χ3n) is 3.75. The van der Waals surface area contributed by atoms with Gasteiger partial charge in [-0.05, 0) is 36.6 Å². The van der Waals surface area contributed by atoms with Crippen LogP contribution in [0.15, 0.2) is 40.6 Å². The zero-order valence-corrected chi connectivity index (χ0v) is 15.7. The lowest BCUT2D eigenvalue weighted by molar-refractivity contribution is -0.129. The van der Waals surface area contributed by atoms with Gasteiger partial charge >= 0.3 is 5.97 Å². The summed E-state index contributed by atoms with van der Waals surface area (Å²) in [5.41, 5.74) is 0.895. The molecule has 2 aromatic rings. The van der Waals surface area contributed by atoms with Gasteiger partial charge in [0.05, 0.1) is 17.8 Å². The molecule has 1 aliphatic heterocycles. The predicted molar refractivity (Wildman–Crippen MR) is 101 cm³/mol. The van der Waals surface area contributed by atoms with E-state index in [4.69, 9.17) is 4.74 Å². The summed E-state index contributed by atoms with van der Waals surface area (Å²) in [6.07, 6.45) is -0.481. The lowest BCUT2D eigenvalue weighted by Crippen LogP contribution is -2.35. The van der Waals surface area contributed by atoms with E-state index in [0.717, 1.165) is 9.77 Å². The van der Waals surface area contributed by atoms with Crippen LogP contribution in [0.25, 0.3) is 0 Å². The molecule has 0 aliphatic carbocycles. The van der Waals surface area contributed by atoms with Gasteiger partial charge in [-0.1, -0.05) is 6.07 Å². The van der Waals surface area contributed by atoms with E-state index in [1.165, 1.54) is 6.92 Å². The minimum atomic E-state index is -0.912. The van der Waals surface area contributed by atoms with E-state index in [-0.39, 0.29) is 11.8 Å². The molecule has 2 heterocycles. The van der Waals surface area contributed by atoms with E-state index in [1.807, 2.05) is 17.5 Å². The number of carbonyl (C=O) groups excluding carboxylic acids is 3. The van der Waals surface area contributed by atoms with E-state index >= 15 is 0 Å². The van der Waals surface area contributed by atoms with Gasteiger partial charge < -0.3 is 15.4 Å². The summed E-state index contributed by atoms with van der Waals surface area (Å²) in [4.78, 5) is 38.0. The average molecular weight is 390 g/mol. The molecule has 2 amide bonds. The van der Waals surface area contributed by atoms with E-state index in [0.29, 0.717) is 30.0 Å². The number of nitrogens with one attached hydrogen (secondary N) is 2. The lowest BCUT2D eigenvalue weighted by atomic mass is 10.2. The summed E-state index contributed by atoms with van der Waals surface area (Å²) < 4.78 is 5.25. The largest absolute Gasteiger partial charge is 0.449 e. The minimum absolute atomic E-state index is 0.0805. The molecule has 2 N–H and O–H groups in total. The Morgan fingerprint density at radius 2 is 2.19 bits per heavy atom. The molecule has 0 spiro atoms. The van der Waals surface area contributed by atoms with Crippen molar-refractivity contribution in [3.63, 3.8) is 0 Å². The number of fused-ring (bicyclic) bond motifs is 1. The molecule has 0 radical (unpaired) electrons. The number of amides is 2. The second-order valence-electron chi connectivity index (χ2n) is 5.70. The fourth-order valence-corrected chi connectivity index (χ4v) is 3.94. The fraction of sp³-hybridized carbons (Fsp3) is 0.278. The molecule has 0 unspecified atom stereocenters. The van der Waals surface area contributed by atoms with Crippen molar-refractivity contribution < 1.29 is 19.1 Å². The summed E-state index contributed by atoms with van der Waals surface area (Å²) in [6.45, 7) is 1.93. The average Bonchev–Trinajstić information content (AvgIpc) is 3.07. The van der Waals surface area contributed by atoms with Crippen LogP contribution in [0.1, 0.15) is 28.6 Å². The van der Waals surface area contributed by atoms with Gasteiger partial charge in [-0.15, -0.1) is 23.1 Å². The molecule has 26 heavy (non-hydrogen) atoms. The summed E-state index contributed by atoms with van der Waals surface area (Å²) in [6, 6.07) is 8.84. The number of esters is 1. The standard InChI is InChI=1S/C18H18N2O4S2/c1-11(17(22)19-10-13-3-2-7-25-13)24-18(23)12-4-5-15-14(9-12)20-16(21)6-8-26-15/h2-5,7,9,11H,6,8,10H2,1H3,(H,19,22)(H,20,21)/t11-/m0/s1. The van der Waals surface area contributed by atoms with Crippen molar-refractivity contribution in [2.24, 2.45) is 0 Å². The summed E-state index contributed by atoms with van der Waals surface area (Å²) in [5.74, 6) is -0.340. The van der Waals surface area contributed by atoms with Crippen molar-refractivity contribution in [2.75, 3.05) is 11.1 Å². The maximum atomic E-state index is 12.3. The first-order valence-corrected chi connectivity index (χ1v) is 9.97. The number of thiophene rings is 1. The fourth-order valence-electron chi connectivity index (χ4n) is 2.36. The molecule has 0 saturated heterocycles. The maximum Gasteiger partial charge on any atom is 0.338 e. The van der Waals surface area contributed by atoms with Gasteiger partial charge in [-0.25, -0.2) is 4.79 Å². The van der Waals surface area contributed by atoms with Crippen LogP contribution in [0.3, 0.4) is 0 Å². The number of hydrogen-bond donors (Lipinski definition) is 2. The van der Waals surface area contributed by atoms with E-state index in [1.54, 1.807) is 41.3 Å². The molecule has 8 heteroatoms. The monoisotopic (exact) mass is 390 g/mol. The Balaban J connectivity index is 1.60. The third kappa shape index (κ3) is 4.64. The van der Waals surface area contributed by atoms with Crippen LogP contribution in [0.2, 0.25) is 0 Å². The molecule has 3 rings (SSSR count). The Morgan fingerprint density at radius 3 is 2.96 bits per heavy atom. The van der Waals surface area contributed by atoms with Gasteiger partial charge in [0.25, 0.3) is 5.91 Å². The number of hydrogen-bond acceptors (Lipinski definition) is 6. The summed E-state index contributed by atoms with van der Waals surface area (Å²) in [7, 11) is 0. The van der Waals surface area contributed by atoms with E-state index in [2.05, 4.69) is 10.6 Å². The molecular weight excluding hydrogens is 372 g/mol. The zero-order valence-electron chi connectivity index (χ0n) is 14.1. The normalized spacial score (nSPS) is 14.6. The Hall–Kier alpha value is -2.32. The zero-order chi connectivity index (χ0) is 18.5. The highest BCUT2D eigenvalue weighted by atomic mass is 32.2. The summed E-state index contributed by atoms with van der Waals surface area (Å²) >= 11 is 3.10. The van der Waals surface area contributed by atoms with Gasteiger partial charge in [-0.2, -0.15) is 0 Å². The number of rotatable bonds is 5. The van der Waals surface area contributed by atoms with E-state index < -0.39 is 12.1 Å². The second kappa shape index (κ2) is 8.37. The Kier molecular flexibility index (Phi) is 5.95. The lowest BCUT2D eigenvalue weighted by Gasteiger charge is -2.14. The topological polar surface area (TPSA) is 84.5 Å². The minimum Gasteiger partial charge on any atom is -0.449 e. The van der Waals surface area contributed by atoms with Crippen molar-refractivity contribution in [1.29, 1.82) is 0 Å². The second-order valence-corrected chi connectivity index (χ2v) is 7.87. The Bertz CT molecular complexity index is 821. The smallest absolute Gasteiger partial charge is 0.338 e. The molecule has 6 nitrogen and oxygen atoms in total. The highest BCUT2D eigenvalue weighted by Gasteiger charge is 2.21. The molecule has 1 aliphatic rings. The molecule has 1 aromatic heterocycles. The number of anilines is 1. The van der Waals surface area contributed by atoms with Crippen LogP contribution in [0, 0.1) is 0 Å². The molecule has 0 fully saturated rings. The molecule has 1 aromatic carbocycles.